The van der Waals surface area contributed by atoms with E-state index in [1.807, 2.05) is 49.6 Å². The lowest BCUT2D eigenvalue weighted by atomic mass is 9.99. The van der Waals surface area contributed by atoms with E-state index in [-0.39, 0.29) is 18.5 Å². The topological polar surface area (TPSA) is 69.4 Å². The molecule has 0 aliphatic carbocycles. The first kappa shape index (κ1) is 20.8. The Labute approximate surface area is 184 Å². The van der Waals surface area contributed by atoms with Crippen molar-refractivity contribution in [2.45, 2.75) is 53.2 Å². The number of halogens is 1. The molecule has 1 atom stereocenters. The number of esters is 1. The van der Waals surface area contributed by atoms with Crippen LogP contribution in [0.2, 0.25) is 5.02 Å². The number of aromatic nitrogens is 3. The van der Waals surface area contributed by atoms with Crippen molar-refractivity contribution < 1.29 is 9.53 Å². The van der Waals surface area contributed by atoms with Crippen LogP contribution in [0.1, 0.15) is 59.5 Å². The summed E-state index contributed by atoms with van der Waals surface area (Å²) < 4.78 is 7.42. The Balaban J connectivity index is 1.93. The summed E-state index contributed by atoms with van der Waals surface area (Å²) in [6.45, 7) is 9.79. The molecule has 0 bridgehead atoms. The van der Waals surface area contributed by atoms with Crippen LogP contribution < -0.4 is 0 Å². The second-order valence-corrected chi connectivity index (χ2v) is 9.29. The lowest BCUT2D eigenvalue weighted by Crippen LogP contribution is -2.16. The summed E-state index contributed by atoms with van der Waals surface area (Å²) >= 11 is 7.80. The molecule has 4 rings (SSSR count). The van der Waals surface area contributed by atoms with Crippen LogP contribution in [-0.4, -0.2) is 32.5 Å². The van der Waals surface area contributed by atoms with E-state index in [4.69, 9.17) is 21.3 Å². The normalized spacial score (nSPS) is 15.4. The van der Waals surface area contributed by atoms with Crippen molar-refractivity contribution >= 4 is 34.6 Å². The molecule has 0 unspecified atom stereocenters. The first-order valence-corrected chi connectivity index (χ1v) is 11.0. The lowest BCUT2D eigenvalue weighted by Gasteiger charge is -2.14. The van der Waals surface area contributed by atoms with E-state index in [1.54, 1.807) is 11.3 Å². The summed E-state index contributed by atoms with van der Waals surface area (Å²) in [4.78, 5) is 18.8. The number of carbonyl (C=O) groups is 1. The Morgan fingerprint density at radius 1 is 1.20 bits per heavy atom. The van der Waals surface area contributed by atoms with Crippen molar-refractivity contribution in [3.05, 3.63) is 62.5 Å². The zero-order valence-corrected chi connectivity index (χ0v) is 19.1. The van der Waals surface area contributed by atoms with Gasteiger partial charge in [-0.05, 0) is 52.3 Å². The molecule has 0 radical (unpaired) electrons. The SMILES string of the molecule is Cc1sc2c(c1C)C(c1ccc(Cl)cc1)=N[C@@H](CC(=O)OC(C)C)c1nnc(C)n1-2. The van der Waals surface area contributed by atoms with Crippen LogP contribution in [0.5, 0.6) is 0 Å². The predicted octanol–water partition coefficient (Wildman–Crippen LogP) is 5.14. The highest BCUT2D eigenvalue weighted by Crippen LogP contribution is 2.39. The molecule has 156 valence electrons. The maximum absolute atomic E-state index is 12.5. The van der Waals surface area contributed by atoms with Gasteiger partial charge in [0.25, 0.3) is 0 Å². The second-order valence-electron chi connectivity index (χ2n) is 7.65. The van der Waals surface area contributed by atoms with E-state index in [0.29, 0.717) is 10.8 Å². The number of aryl methyl sites for hydroxylation is 2. The van der Waals surface area contributed by atoms with Gasteiger partial charge in [0.05, 0.1) is 18.2 Å². The number of rotatable bonds is 4. The molecule has 3 heterocycles. The fourth-order valence-electron chi connectivity index (χ4n) is 3.60. The number of benzene rings is 1. The van der Waals surface area contributed by atoms with Gasteiger partial charge < -0.3 is 4.74 Å². The fraction of sp³-hybridized carbons (Fsp3) is 0.364. The van der Waals surface area contributed by atoms with Crippen molar-refractivity contribution in [2.75, 3.05) is 0 Å². The number of thiophene rings is 1. The highest BCUT2D eigenvalue weighted by molar-refractivity contribution is 7.15. The Bertz CT molecular complexity index is 1140. The maximum Gasteiger partial charge on any atom is 0.308 e. The molecule has 1 aliphatic heterocycles. The monoisotopic (exact) mass is 442 g/mol. The zero-order valence-electron chi connectivity index (χ0n) is 17.6. The standard InChI is InChI=1S/C22H23ClN4O2S/c1-11(2)29-18(28)10-17-21-26-25-14(5)27(21)22-19(12(3)13(4)30-22)20(24-17)15-6-8-16(23)9-7-15/h6-9,11,17H,10H2,1-5H3/t17-/m0/s1. The molecule has 0 spiro atoms. The molecule has 0 saturated heterocycles. The smallest absolute Gasteiger partial charge is 0.308 e. The molecule has 8 heteroatoms. The third-order valence-corrected chi connectivity index (χ3v) is 6.53. The van der Waals surface area contributed by atoms with Gasteiger partial charge in [0.2, 0.25) is 0 Å². The number of hydrogen-bond donors (Lipinski definition) is 0. The molecule has 3 aromatic rings. The van der Waals surface area contributed by atoms with Gasteiger partial charge in [-0.2, -0.15) is 0 Å². The zero-order chi connectivity index (χ0) is 21.6. The van der Waals surface area contributed by atoms with Crippen LogP contribution in [0.3, 0.4) is 0 Å². The van der Waals surface area contributed by atoms with E-state index >= 15 is 0 Å². The summed E-state index contributed by atoms with van der Waals surface area (Å²) in [6.07, 6.45) is -0.0884. The van der Waals surface area contributed by atoms with Gasteiger partial charge >= 0.3 is 5.97 Å². The molecule has 0 saturated carbocycles. The number of carbonyl (C=O) groups excluding carboxylic acids is 1. The van der Waals surface area contributed by atoms with Crippen LogP contribution in [0, 0.1) is 20.8 Å². The molecule has 0 amide bonds. The van der Waals surface area contributed by atoms with Gasteiger partial charge in [-0.15, -0.1) is 21.5 Å². The fourth-order valence-corrected chi connectivity index (χ4v) is 4.94. The Morgan fingerprint density at radius 2 is 1.90 bits per heavy atom. The average Bonchev–Trinajstić information content (AvgIpc) is 3.14. The highest BCUT2D eigenvalue weighted by Gasteiger charge is 2.32. The first-order valence-electron chi connectivity index (χ1n) is 9.82. The average molecular weight is 443 g/mol. The van der Waals surface area contributed by atoms with Crippen molar-refractivity contribution in [2.24, 2.45) is 4.99 Å². The molecule has 0 fully saturated rings. The summed E-state index contributed by atoms with van der Waals surface area (Å²) in [6, 6.07) is 7.13. The minimum atomic E-state index is -0.498. The van der Waals surface area contributed by atoms with Crippen molar-refractivity contribution in [1.82, 2.24) is 14.8 Å². The van der Waals surface area contributed by atoms with Crippen molar-refractivity contribution in [1.29, 1.82) is 0 Å². The third kappa shape index (κ3) is 3.68. The minimum absolute atomic E-state index is 0.0976. The van der Waals surface area contributed by atoms with Gasteiger partial charge in [0.1, 0.15) is 16.9 Å². The molecular weight excluding hydrogens is 420 g/mol. The van der Waals surface area contributed by atoms with Crippen molar-refractivity contribution in [3.63, 3.8) is 0 Å². The highest BCUT2D eigenvalue weighted by atomic mass is 35.5. The number of ether oxygens (including phenoxy) is 1. The molecule has 30 heavy (non-hydrogen) atoms. The van der Waals surface area contributed by atoms with Gasteiger partial charge in [-0.25, -0.2) is 0 Å². The van der Waals surface area contributed by atoms with Crippen molar-refractivity contribution in [3.8, 4) is 5.00 Å². The molecule has 6 nitrogen and oxygen atoms in total. The molecular formula is C22H23ClN4O2S. The van der Waals surface area contributed by atoms with Gasteiger partial charge in [0.15, 0.2) is 5.82 Å². The van der Waals surface area contributed by atoms with E-state index in [0.717, 1.165) is 33.2 Å². The summed E-state index contributed by atoms with van der Waals surface area (Å²) in [5.41, 5.74) is 3.98. The van der Waals surface area contributed by atoms with Gasteiger partial charge in [-0.3, -0.25) is 14.4 Å². The number of fused-ring (bicyclic) bond motifs is 3. The molecule has 1 aromatic carbocycles. The molecule has 0 N–H and O–H groups in total. The Morgan fingerprint density at radius 3 is 2.57 bits per heavy atom. The number of hydrogen-bond acceptors (Lipinski definition) is 6. The van der Waals surface area contributed by atoms with E-state index < -0.39 is 6.04 Å². The second kappa shape index (κ2) is 7.96. The lowest BCUT2D eigenvalue weighted by molar-refractivity contribution is -0.147. The summed E-state index contributed by atoms with van der Waals surface area (Å²) in [5, 5.41) is 10.4. The molecule has 1 aliphatic rings. The van der Waals surface area contributed by atoms with Crippen LogP contribution in [0.25, 0.3) is 5.00 Å². The van der Waals surface area contributed by atoms with E-state index in [1.165, 1.54) is 4.88 Å². The maximum atomic E-state index is 12.5. The predicted molar refractivity (Wildman–Crippen MR) is 119 cm³/mol. The Kier molecular flexibility index (Phi) is 5.51. The summed E-state index contributed by atoms with van der Waals surface area (Å²) in [7, 11) is 0. The summed E-state index contributed by atoms with van der Waals surface area (Å²) in [5.74, 6) is 1.11. The van der Waals surface area contributed by atoms with Crippen LogP contribution in [0.15, 0.2) is 29.3 Å². The van der Waals surface area contributed by atoms with E-state index in [2.05, 4.69) is 24.0 Å². The van der Waals surface area contributed by atoms with Crippen LogP contribution in [-0.2, 0) is 9.53 Å². The number of nitrogens with zero attached hydrogens (tertiary/aromatic N) is 4. The third-order valence-electron chi connectivity index (χ3n) is 5.08. The first-order chi connectivity index (χ1) is 14.3. The van der Waals surface area contributed by atoms with Gasteiger partial charge in [0, 0.05) is 21.0 Å². The number of aliphatic imine (C=N–C) groups is 1. The van der Waals surface area contributed by atoms with Gasteiger partial charge in [-0.1, -0.05) is 23.7 Å². The Hall–Kier alpha value is -2.51. The van der Waals surface area contributed by atoms with Crippen LogP contribution >= 0.6 is 22.9 Å². The quantitative estimate of drug-likeness (QED) is 0.524. The largest absolute Gasteiger partial charge is 0.463 e. The van der Waals surface area contributed by atoms with Crippen LogP contribution in [0.4, 0.5) is 0 Å². The minimum Gasteiger partial charge on any atom is -0.463 e. The van der Waals surface area contributed by atoms with E-state index in [9.17, 15) is 4.79 Å². The molecule has 2 aromatic heterocycles.